The summed E-state index contributed by atoms with van der Waals surface area (Å²) in [7, 11) is 0. The van der Waals surface area contributed by atoms with Crippen molar-refractivity contribution >= 4 is 57.8 Å². The van der Waals surface area contributed by atoms with Crippen LogP contribution in [0.5, 0.6) is 0 Å². The van der Waals surface area contributed by atoms with Gasteiger partial charge in [-0.05, 0) is 0 Å². The summed E-state index contributed by atoms with van der Waals surface area (Å²) in [5, 5.41) is 0. The zero-order chi connectivity index (χ0) is 4.50. The molecule has 0 N–H and O–H groups in total. The molecule has 5 heavy (non-hydrogen) atoms. The van der Waals surface area contributed by atoms with Gasteiger partial charge in [-0.25, -0.2) is 0 Å². The first-order valence-corrected chi connectivity index (χ1v) is 3.64. The van der Waals surface area contributed by atoms with E-state index in [9.17, 15) is 0 Å². The van der Waals surface area contributed by atoms with Crippen LogP contribution in [0.2, 0.25) is 0 Å². The quantitative estimate of drug-likeness (QED) is 0.438. The van der Waals surface area contributed by atoms with Gasteiger partial charge >= 0.3 is 59.6 Å². The van der Waals surface area contributed by atoms with Crippen molar-refractivity contribution in [3.63, 3.8) is 0 Å². The number of hydrogen-bond acceptors (Lipinski definition) is 0. The first-order valence-electron chi connectivity index (χ1n) is 0.856. The molecule has 0 aliphatic carbocycles. The van der Waals surface area contributed by atoms with Crippen LogP contribution >= 0.6 is 34.8 Å². The van der Waals surface area contributed by atoms with Crippen LogP contribution in [-0.2, 0) is 0 Å². The Labute approximate surface area is 59.3 Å². The van der Waals surface area contributed by atoms with Crippen molar-refractivity contribution in [1.82, 2.24) is 0 Å². The molecule has 0 spiro atoms. The van der Waals surface area contributed by atoms with Crippen LogP contribution in [-0.4, -0.2) is 24.8 Å². The molecule has 0 amide bonds. The van der Waals surface area contributed by atoms with E-state index >= 15 is 0 Å². The molecule has 0 aromatic rings. The minimum absolute atomic E-state index is 0.660. The van der Waals surface area contributed by atoms with E-state index in [0.29, 0.717) is 23.0 Å². The average Bonchev–Trinajstić information content (AvgIpc) is 0.722. The van der Waals surface area contributed by atoms with Gasteiger partial charge < -0.3 is 0 Å². The molecule has 0 saturated carbocycles. The molecule has 0 aromatic heterocycles. The molecule has 0 nitrogen and oxygen atoms in total. The molecule has 0 heterocycles. The monoisotopic (exact) mass is 240 g/mol. The Morgan fingerprint density at radius 1 is 1.20 bits per heavy atom. The van der Waals surface area contributed by atoms with E-state index in [-0.39, 0.29) is 0 Å². The van der Waals surface area contributed by atoms with E-state index in [4.69, 9.17) is 34.8 Å². The van der Waals surface area contributed by atoms with Crippen LogP contribution in [0.15, 0.2) is 0 Å². The molecular formula is CH2Cl3Sb. The maximum absolute atomic E-state index is 5.12. The summed E-state index contributed by atoms with van der Waals surface area (Å²) < 4.78 is -0.953. The number of rotatable bonds is 0. The van der Waals surface area contributed by atoms with Gasteiger partial charge in [0.05, 0.1) is 0 Å². The third-order valence-corrected chi connectivity index (χ3v) is 0. The van der Waals surface area contributed by atoms with E-state index in [2.05, 4.69) is 0 Å². The number of halogens is 3. The predicted molar refractivity (Wildman–Crippen MR) is 28.8 cm³/mol. The van der Waals surface area contributed by atoms with Crippen molar-refractivity contribution in [2.45, 2.75) is 1.74 Å². The summed E-state index contributed by atoms with van der Waals surface area (Å²) in [5.41, 5.74) is 0. The molecule has 0 fully saturated rings. The summed E-state index contributed by atoms with van der Waals surface area (Å²) in [5.74, 6) is 0. The second-order valence-electron chi connectivity index (χ2n) is 0.542. The molecule has 0 rings (SSSR count). The van der Waals surface area contributed by atoms with Crippen LogP contribution in [0, 0.1) is 0 Å². The summed E-state index contributed by atoms with van der Waals surface area (Å²) in [6.45, 7) is 0. The summed E-state index contributed by atoms with van der Waals surface area (Å²) in [6, 6.07) is 0. The Kier molecular flexibility index (Phi) is 2.83. The molecule has 4 heteroatoms. The molecule has 0 aliphatic heterocycles. The van der Waals surface area contributed by atoms with Gasteiger partial charge in [0.25, 0.3) is 0 Å². The Bertz CT molecular complexity index is 22.4. The first kappa shape index (κ1) is 6.69. The third-order valence-electron chi connectivity index (χ3n) is 0. The van der Waals surface area contributed by atoms with Gasteiger partial charge in [0.15, 0.2) is 0 Å². The zero-order valence-electron chi connectivity index (χ0n) is 2.21. The van der Waals surface area contributed by atoms with Gasteiger partial charge in [0.2, 0.25) is 0 Å². The van der Waals surface area contributed by atoms with Crippen LogP contribution < -0.4 is 0 Å². The summed E-state index contributed by atoms with van der Waals surface area (Å²) in [6.07, 6.45) is 0. The van der Waals surface area contributed by atoms with E-state index in [1.165, 1.54) is 0 Å². The standard InChI is InChI=1S/CCl3.Sb.2H/c2-1(3)4;;;. The van der Waals surface area contributed by atoms with Crippen molar-refractivity contribution in [2.24, 2.45) is 0 Å². The van der Waals surface area contributed by atoms with Gasteiger partial charge in [-0.2, -0.15) is 0 Å². The van der Waals surface area contributed by atoms with Crippen molar-refractivity contribution in [2.75, 3.05) is 0 Å². The SMILES string of the molecule is Cl[C](Cl)(Cl)[SbH2]. The molecule has 0 bridgehead atoms. The fourth-order valence-electron chi connectivity index (χ4n) is 0. The Morgan fingerprint density at radius 3 is 1.20 bits per heavy atom. The molecule has 0 radical (unpaired) electrons. The van der Waals surface area contributed by atoms with Crippen molar-refractivity contribution in [1.29, 1.82) is 0 Å². The van der Waals surface area contributed by atoms with Crippen LogP contribution in [0.4, 0.5) is 0 Å². The van der Waals surface area contributed by atoms with Crippen molar-refractivity contribution < 1.29 is 0 Å². The van der Waals surface area contributed by atoms with Gasteiger partial charge in [-0.15, -0.1) is 0 Å². The van der Waals surface area contributed by atoms with E-state index in [0.717, 1.165) is 0 Å². The van der Waals surface area contributed by atoms with Gasteiger partial charge in [-0.3, -0.25) is 0 Å². The van der Waals surface area contributed by atoms with E-state index < -0.39 is 1.74 Å². The molecule has 0 aliphatic rings. The average molecular weight is 242 g/mol. The second kappa shape index (κ2) is 2.12. The van der Waals surface area contributed by atoms with Crippen molar-refractivity contribution in [3.05, 3.63) is 0 Å². The van der Waals surface area contributed by atoms with Crippen molar-refractivity contribution in [3.8, 4) is 0 Å². The minimum atomic E-state index is -0.953. The number of hydrogen-bond donors (Lipinski definition) is 0. The molecule has 0 saturated heterocycles. The molecule has 0 atom stereocenters. The van der Waals surface area contributed by atoms with Gasteiger partial charge in [0, 0.05) is 0 Å². The van der Waals surface area contributed by atoms with E-state index in [1.807, 2.05) is 0 Å². The molecule has 32 valence electrons. The normalized spacial score (nSPS) is 12.0. The van der Waals surface area contributed by atoms with E-state index in [1.54, 1.807) is 0 Å². The Hall–Kier alpha value is 1.69. The van der Waals surface area contributed by atoms with Crippen LogP contribution in [0.25, 0.3) is 0 Å². The zero-order valence-corrected chi connectivity index (χ0v) is 7.77. The van der Waals surface area contributed by atoms with Crippen LogP contribution in [0.1, 0.15) is 0 Å². The Balaban J connectivity index is 3.02. The second-order valence-corrected chi connectivity index (χ2v) is 8.52. The summed E-state index contributed by atoms with van der Waals surface area (Å²) >= 11 is 16.0. The Morgan fingerprint density at radius 2 is 1.20 bits per heavy atom. The topological polar surface area (TPSA) is 0 Å². The van der Waals surface area contributed by atoms with Gasteiger partial charge in [0.1, 0.15) is 0 Å². The summed E-state index contributed by atoms with van der Waals surface area (Å²) in [4.78, 5) is 0. The predicted octanol–water partition coefficient (Wildman–Crippen LogP) is 0.947. The third kappa shape index (κ3) is 27.1. The fourth-order valence-corrected chi connectivity index (χ4v) is 0. The number of alkyl halides is 3. The molecule has 0 unspecified atom stereocenters. The fraction of sp³-hybridized carbons (Fsp3) is 1.00. The first-order chi connectivity index (χ1) is 2.00. The maximum atomic E-state index is 5.12. The van der Waals surface area contributed by atoms with Crippen LogP contribution in [0.3, 0.4) is 0 Å². The molecular weight excluding hydrogens is 240 g/mol. The molecule has 0 aromatic carbocycles. The van der Waals surface area contributed by atoms with Gasteiger partial charge in [-0.1, -0.05) is 0 Å².